The van der Waals surface area contributed by atoms with E-state index in [4.69, 9.17) is 5.73 Å². The lowest BCUT2D eigenvalue weighted by Crippen LogP contribution is -2.45. The van der Waals surface area contributed by atoms with E-state index in [2.05, 4.69) is 10.3 Å². The third-order valence-corrected chi connectivity index (χ3v) is 5.25. The number of aromatic nitrogens is 1. The number of hydrogen-bond acceptors (Lipinski definition) is 4. The minimum absolute atomic E-state index is 0.0308. The van der Waals surface area contributed by atoms with E-state index in [0.29, 0.717) is 23.3 Å². The van der Waals surface area contributed by atoms with Crippen LogP contribution in [0.3, 0.4) is 0 Å². The maximum Gasteiger partial charge on any atom is 0.241 e. The summed E-state index contributed by atoms with van der Waals surface area (Å²) in [5, 5.41) is 12.4. The van der Waals surface area contributed by atoms with Gasteiger partial charge in [-0.15, -0.1) is 0 Å². The zero-order chi connectivity index (χ0) is 19.8. The highest BCUT2D eigenvalue weighted by Gasteiger charge is 2.62. The highest BCUT2D eigenvalue weighted by Crippen LogP contribution is 2.55. The van der Waals surface area contributed by atoms with Gasteiger partial charge in [0.2, 0.25) is 5.91 Å². The molecule has 0 spiro atoms. The molecule has 3 N–H and O–H groups in total. The Kier molecular flexibility index (Phi) is 5.11. The monoisotopic (exact) mass is 372 g/mol. The molecule has 2 aliphatic rings. The van der Waals surface area contributed by atoms with Crippen molar-refractivity contribution in [3.05, 3.63) is 41.7 Å². The minimum Gasteiger partial charge on any atom is -0.335 e. The van der Waals surface area contributed by atoms with Crippen molar-refractivity contribution in [3.63, 3.8) is 0 Å². The summed E-state index contributed by atoms with van der Waals surface area (Å²) >= 11 is 0. The van der Waals surface area contributed by atoms with E-state index in [9.17, 15) is 18.8 Å². The lowest BCUT2D eigenvalue weighted by molar-refractivity contribution is -0.124. The molecule has 5 nitrogen and oxygen atoms in total. The average Bonchev–Trinajstić information content (AvgIpc) is 3.60. The fraction of sp³-hybridized carbons (Fsp3) is 0.450. The Morgan fingerprint density at radius 1 is 1.33 bits per heavy atom. The van der Waals surface area contributed by atoms with Gasteiger partial charge in [0.1, 0.15) is 6.04 Å². The molecule has 1 amide bonds. The maximum atomic E-state index is 13.9. The summed E-state index contributed by atoms with van der Waals surface area (Å²) in [7, 11) is 0. The van der Waals surface area contributed by atoms with E-state index in [-0.39, 0.29) is 17.2 Å². The molecule has 0 radical (unpaired) electrons. The Balaban J connectivity index is 0.00000102. The molecule has 1 heterocycles. The van der Waals surface area contributed by atoms with Crippen molar-refractivity contribution in [1.82, 2.24) is 10.3 Å². The van der Waals surface area contributed by atoms with Crippen LogP contribution in [0.25, 0.3) is 10.8 Å². The third-order valence-electron chi connectivity index (χ3n) is 5.25. The van der Waals surface area contributed by atoms with Crippen molar-refractivity contribution in [2.75, 3.05) is 0 Å². The topological polar surface area (TPSA) is 91.8 Å². The Labute approximate surface area is 156 Å². The van der Waals surface area contributed by atoms with E-state index in [1.807, 2.05) is 19.9 Å². The number of nitrogens with zero attached hydrogens (tertiary/aromatic N) is 2. The predicted molar refractivity (Wildman–Crippen MR) is 97.3 cm³/mol. The first-order chi connectivity index (χ1) is 13.0. The summed E-state index contributed by atoms with van der Waals surface area (Å²) in [4.78, 5) is 16.4. The molecule has 7 heteroatoms. The third kappa shape index (κ3) is 3.37. The number of carbonyl (C=O) groups excluding carboxylic acids is 1. The Morgan fingerprint density at radius 3 is 2.67 bits per heavy atom. The van der Waals surface area contributed by atoms with Gasteiger partial charge in [-0.1, -0.05) is 19.9 Å². The number of nitrogens with two attached hydrogens (primary N) is 1. The van der Waals surface area contributed by atoms with Gasteiger partial charge >= 0.3 is 0 Å². The molecule has 142 valence electrons. The highest BCUT2D eigenvalue weighted by molar-refractivity contribution is 5.92. The SMILES string of the molecule is CC.N#CC(NC(=O)[C@@]1(N)CC1C1CC1)c1cncc2c(F)c(F)ccc12. The van der Waals surface area contributed by atoms with E-state index < -0.39 is 23.2 Å². The highest BCUT2D eigenvalue weighted by atomic mass is 19.2. The number of halogens is 2. The van der Waals surface area contributed by atoms with Crippen LogP contribution in [0.4, 0.5) is 8.78 Å². The summed E-state index contributed by atoms with van der Waals surface area (Å²) in [6.45, 7) is 4.00. The lowest BCUT2D eigenvalue weighted by atomic mass is 10.0. The van der Waals surface area contributed by atoms with Crippen LogP contribution in [0.15, 0.2) is 24.5 Å². The summed E-state index contributed by atoms with van der Waals surface area (Å²) < 4.78 is 27.4. The van der Waals surface area contributed by atoms with Crippen LogP contribution >= 0.6 is 0 Å². The molecular weight excluding hydrogens is 350 g/mol. The van der Waals surface area contributed by atoms with Crippen LogP contribution in [0.1, 0.15) is 44.7 Å². The van der Waals surface area contributed by atoms with Crippen LogP contribution in [0, 0.1) is 34.8 Å². The molecule has 2 aliphatic carbocycles. The number of carbonyl (C=O) groups is 1. The van der Waals surface area contributed by atoms with Gasteiger partial charge in [0, 0.05) is 23.3 Å². The van der Waals surface area contributed by atoms with E-state index in [1.165, 1.54) is 18.5 Å². The number of pyridine rings is 1. The van der Waals surface area contributed by atoms with Gasteiger partial charge in [0.05, 0.1) is 11.6 Å². The fourth-order valence-corrected chi connectivity index (χ4v) is 3.53. The van der Waals surface area contributed by atoms with Crippen molar-refractivity contribution in [3.8, 4) is 6.07 Å². The van der Waals surface area contributed by atoms with Crippen molar-refractivity contribution in [2.45, 2.75) is 44.7 Å². The molecule has 2 fully saturated rings. The van der Waals surface area contributed by atoms with Crippen molar-refractivity contribution < 1.29 is 13.6 Å². The summed E-state index contributed by atoms with van der Waals surface area (Å²) in [5.41, 5.74) is 5.56. The number of nitrogens with one attached hydrogen (secondary N) is 1. The second-order valence-corrected chi connectivity index (χ2v) is 6.91. The quantitative estimate of drug-likeness (QED) is 0.861. The van der Waals surface area contributed by atoms with Gasteiger partial charge in [0.15, 0.2) is 11.6 Å². The minimum atomic E-state index is -1.03. The molecule has 3 atom stereocenters. The second kappa shape index (κ2) is 7.20. The number of fused-ring (bicyclic) bond motifs is 1. The molecule has 27 heavy (non-hydrogen) atoms. The van der Waals surface area contributed by atoms with Crippen LogP contribution in [-0.4, -0.2) is 16.4 Å². The Hall–Kier alpha value is -2.59. The van der Waals surface area contributed by atoms with Crippen molar-refractivity contribution >= 4 is 16.7 Å². The molecule has 1 aromatic heterocycles. The molecule has 0 saturated heterocycles. The molecule has 2 saturated carbocycles. The first kappa shape index (κ1) is 19.2. The normalized spacial score (nSPS) is 24.4. The number of hydrogen-bond donors (Lipinski definition) is 2. The first-order valence-corrected chi connectivity index (χ1v) is 9.17. The van der Waals surface area contributed by atoms with Crippen molar-refractivity contribution in [2.24, 2.45) is 17.6 Å². The van der Waals surface area contributed by atoms with E-state index >= 15 is 0 Å². The average molecular weight is 372 g/mol. The molecule has 0 aliphatic heterocycles. The van der Waals surface area contributed by atoms with Crippen LogP contribution < -0.4 is 11.1 Å². The van der Waals surface area contributed by atoms with E-state index in [0.717, 1.165) is 18.9 Å². The predicted octanol–water partition coefficient (Wildman–Crippen LogP) is 3.35. The number of rotatable bonds is 4. The van der Waals surface area contributed by atoms with Gasteiger partial charge in [-0.2, -0.15) is 5.26 Å². The second-order valence-electron chi connectivity index (χ2n) is 6.91. The Morgan fingerprint density at radius 2 is 2.04 bits per heavy atom. The number of nitriles is 1. The summed E-state index contributed by atoms with van der Waals surface area (Å²) in [5.74, 6) is -1.72. The molecule has 4 rings (SSSR count). The molecular formula is C20H22F2N4O. The molecule has 0 bridgehead atoms. The zero-order valence-corrected chi connectivity index (χ0v) is 15.3. The van der Waals surface area contributed by atoms with Crippen LogP contribution in [-0.2, 0) is 4.79 Å². The van der Waals surface area contributed by atoms with Crippen LogP contribution in [0.5, 0.6) is 0 Å². The summed E-state index contributed by atoms with van der Waals surface area (Å²) in [6, 6.07) is 3.33. The smallest absolute Gasteiger partial charge is 0.241 e. The van der Waals surface area contributed by atoms with Gasteiger partial charge in [-0.25, -0.2) is 8.78 Å². The van der Waals surface area contributed by atoms with Gasteiger partial charge in [-0.05, 0) is 42.6 Å². The standard InChI is InChI=1S/C18H16F2N4O.C2H6/c19-14-4-3-10-11(7-23-8-12(10)16(14)20)15(6-21)24-17(25)18(22)5-13(18)9-1-2-9;1-2/h3-4,7-9,13,15H,1-2,5,22H2,(H,24,25);1-2H3/t13?,15?,18-;/m1./s1. The lowest BCUT2D eigenvalue weighted by Gasteiger charge is -2.18. The van der Waals surface area contributed by atoms with Crippen LogP contribution in [0.2, 0.25) is 0 Å². The molecule has 1 aromatic carbocycles. The summed E-state index contributed by atoms with van der Waals surface area (Å²) in [6.07, 6.45) is 5.38. The largest absolute Gasteiger partial charge is 0.335 e. The number of amides is 1. The molecule has 2 unspecified atom stereocenters. The number of benzene rings is 1. The first-order valence-electron chi connectivity index (χ1n) is 9.17. The fourth-order valence-electron chi connectivity index (χ4n) is 3.53. The van der Waals surface area contributed by atoms with Gasteiger partial charge in [-0.3, -0.25) is 9.78 Å². The molecule has 2 aromatic rings. The van der Waals surface area contributed by atoms with E-state index in [1.54, 1.807) is 0 Å². The van der Waals surface area contributed by atoms with Gasteiger partial charge < -0.3 is 11.1 Å². The maximum absolute atomic E-state index is 13.9. The zero-order valence-electron chi connectivity index (χ0n) is 15.3. The Bertz CT molecular complexity index is 922. The van der Waals surface area contributed by atoms with Crippen molar-refractivity contribution in [1.29, 1.82) is 5.26 Å². The van der Waals surface area contributed by atoms with Gasteiger partial charge in [0.25, 0.3) is 0 Å².